The average molecular weight is 355 g/mol. The first-order chi connectivity index (χ1) is 9.58. The molecule has 0 fully saturated rings. The third-order valence-electron chi connectivity index (χ3n) is 2.35. The van der Waals surface area contributed by atoms with Gasteiger partial charge in [0.25, 0.3) is 5.91 Å². The number of carbonyl (C=O) groups is 1. The maximum Gasteiger partial charge on any atom is 0.272 e. The summed E-state index contributed by atoms with van der Waals surface area (Å²) in [4.78, 5) is 15.5. The van der Waals surface area contributed by atoms with Gasteiger partial charge >= 0.3 is 0 Å². The van der Waals surface area contributed by atoms with Gasteiger partial charge in [0.1, 0.15) is 5.75 Å². The van der Waals surface area contributed by atoms with Crippen LogP contribution in [-0.2, 0) is 0 Å². The number of pyridine rings is 1. The zero-order chi connectivity index (χ0) is 14.5. The van der Waals surface area contributed by atoms with Gasteiger partial charge in [0.05, 0.1) is 16.8 Å². The molecule has 20 heavy (non-hydrogen) atoms. The molecule has 0 saturated heterocycles. The zero-order valence-electron chi connectivity index (χ0n) is 10.0. The highest BCUT2D eigenvalue weighted by molar-refractivity contribution is 9.10. The second kappa shape index (κ2) is 6.49. The fraction of sp³-hybridized carbons (Fsp3) is 0. The number of aromatic nitrogens is 1. The van der Waals surface area contributed by atoms with Crippen LogP contribution in [0.2, 0.25) is 5.02 Å². The summed E-state index contributed by atoms with van der Waals surface area (Å²) in [6.07, 6.45) is 4.31. The average Bonchev–Trinajstić information content (AvgIpc) is 2.44. The number of nitrogens with zero attached hydrogens (tertiary/aromatic N) is 2. The molecule has 2 aromatic rings. The third kappa shape index (κ3) is 3.55. The molecular weight excluding hydrogens is 346 g/mol. The number of rotatable bonds is 3. The molecule has 1 aromatic carbocycles. The molecule has 102 valence electrons. The van der Waals surface area contributed by atoms with Gasteiger partial charge in [-0.25, -0.2) is 5.43 Å². The van der Waals surface area contributed by atoms with Crippen molar-refractivity contribution in [2.75, 3.05) is 0 Å². The molecule has 0 saturated carbocycles. The molecule has 0 aliphatic heterocycles. The van der Waals surface area contributed by atoms with Gasteiger partial charge in [-0.1, -0.05) is 27.5 Å². The molecule has 2 rings (SSSR count). The van der Waals surface area contributed by atoms with Gasteiger partial charge in [-0.3, -0.25) is 9.78 Å². The Balaban J connectivity index is 2.10. The van der Waals surface area contributed by atoms with E-state index in [-0.39, 0.29) is 10.8 Å². The van der Waals surface area contributed by atoms with E-state index < -0.39 is 5.91 Å². The van der Waals surface area contributed by atoms with Crippen molar-refractivity contribution in [1.82, 2.24) is 10.4 Å². The molecular formula is C13H9BrClN3O2. The molecule has 0 unspecified atom stereocenters. The highest BCUT2D eigenvalue weighted by Crippen LogP contribution is 2.30. The monoisotopic (exact) mass is 353 g/mol. The number of hydrogen-bond donors (Lipinski definition) is 2. The fourth-order valence-corrected chi connectivity index (χ4v) is 2.24. The summed E-state index contributed by atoms with van der Waals surface area (Å²) in [6.45, 7) is 0. The number of phenolic OH excluding ortho intramolecular Hbond substituents is 1. The zero-order valence-corrected chi connectivity index (χ0v) is 12.4. The van der Waals surface area contributed by atoms with Crippen LogP contribution in [-0.4, -0.2) is 22.2 Å². The van der Waals surface area contributed by atoms with E-state index in [1.807, 2.05) is 0 Å². The van der Waals surface area contributed by atoms with Crippen LogP contribution in [0.1, 0.15) is 15.9 Å². The molecule has 1 heterocycles. The van der Waals surface area contributed by atoms with Gasteiger partial charge < -0.3 is 5.11 Å². The Morgan fingerprint density at radius 3 is 3.00 bits per heavy atom. The van der Waals surface area contributed by atoms with Gasteiger partial charge in [0.2, 0.25) is 0 Å². The number of nitrogens with one attached hydrogen (secondary N) is 1. The Morgan fingerprint density at radius 1 is 1.50 bits per heavy atom. The quantitative estimate of drug-likeness (QED) is 0.657. The highest BCUT2D eigenvalue weighted by atomic mass is 79.9. The van der Waals surface area contributed by atoms with Crippen molar-refractivity contribution in [1.29, 1.82) is 0 Å². The second-order valence-electron chi connectivity index (χ2n) is 3.77. The van der Waals surface area contributed by atoms with Crippen LogP contribution in [0.4, 0.5) is 0 Å². The van der Waals surface area contributed by atoms with Gasteiger partial charge in [0.15, 0.2) is 0 Å². The molecule has 0 spiro atoms. The third-order valence-corrected chi connectivity index (χ3v) is 3.10. The minimum atomic E-state index is -0.394. The first-order valence-electron chi connectivity index (χ1n) is 5.49. The molecule has 0 aliphatic rings. The molecule has 0 aliphatic carbocycles. The molecule has 1 aromatic heterocycles. The summed E-state index contributed by atoms with van der Waals surface area (Å²) in [5.74, 6) is -0.496. The Labute approximate surface area is 128 Å². The van der Waals surface area contributed by atoms with Gasteiger partial charge in [-0.05, 0) is 24.3 Å². The lowest BCUT2D eigenvalue weighted by molar-refractivity contribution is 0.0954. The number of carbonyl (C=O) groups excluding carboxylic acids is 1. The molecule has 0 atom stereocenters. The predicted molar refractivity (Wildman–Crippen MR) is 80.1 cm³/mol. The van der Waals surface area contributed by atoms with Gasteiger partial charge in [0, 0.05) is 22.4 Å². The van der Waals surface area contributed by atoms with Crippen LogP contribution in [0.15, 0.2) is 46.2 Å². The molecule has 5 nitrogen and oxygen atoms in total. The second-order valence-corrected chi connectivity index (χ2v) is 5.09. The fourth-order valence-electron chi connectivity index (χ4n) is 1.41. The van der Waals surface area contributed by atoms with E-state index in [0.717, 1.165) is 0 Å². The minimum Gasteiger partial charge on any atom is -0.506 e. The van der Waals surface area contributed by atoms with Crippen molar-refractivity contribution in [3.63, 3.8) is 0 Å². The molecule has 0 bridgehead atoms. The smallest absolute Gasteiger partial charge is 0.272 e. The van der Waals surface area contributed by atoms with Crippen molar-refractivity contribution in [3.8, 4) is 5.75 Å². The predicted octanol–water partition coefficient (Wildman–Crippen LogP) is 2.97. The van der Waals surface area contributed by atoms with E-state index in [0.29, 0.717) is 15.6 Å². The van der Waals surface area contributed by atoms with E-state index in [1.54, 1.807) is 30.5 Å². The van der Waals surface area contributed by atoms with E-state index in [4.69, 9.17) is 11.6 Å². The SMILES string of the molecule is O=C(N/N=C\c1cc(Br)cc(Cl)c1O)c1cccnc1. The normalized spacial score (nSPS) is 10.7. The topological polar surface area (TPSA) is 74.6 Å². The summed E-state index contributed by atoms with van der Waals surface area (Å²) < 4.78 is 0.695. The Bertz CT molecular complexity index is 662. The van der Waals surface area contributed by atoms with Crippen molar-refractivity contribution in [2.45, 2.75) is 0 Å². The Hall–Kier alpha value is -1.92. The number of benzene rings is 1. The van der Waals surface area contributed by atoms with E-state index in [2.05, 4.69) is 31.4 Å². The van der Waals surface area contributed by atoms with Crippen LogP contribution >= 0.6 is 27.5 Å². The number of hydrazone groups is 1. The lowest BCUT2D eigenvalue weighted by Crippen LogP contribution is -2.17. The van der Waals surface area contributed by atoms with Crippen molar-refractivity contribution < 1.29 is 9.90 Å². The molecule has 7 heteroatoms. The van der Waals surface area contributed by atoms with Crippen molar-refractivity contribution in [3.05, 3.63) is 57.3 Å². The van der Waals surface area contributed by atoms with Crippen LogP contribution in [0.25, 0.3) is 0 Å². The van der Waals surface area contributed by atoms with Crippen LogP contribution in [0, 0.1) is 0 Å². The molecule has 0 radical (unpaired) electrons. The standard InChI is InChI=1S/C13H9BrClN3O2/c14-10-4-9(12(19)11(15)5-10)7-17-18-13(20)8-2-1-3-16-6-8/h1-7,19H,(H,18,20)/b17-7-. The Kier molecular flexibility index (Phi) is 4.70. The summed E-state index contributed by atoms with van der Waals surface area (Å²) in [6, 6.07) is 6.45. The number of aromatic hydroxyl groups is 1. The van der Waals surface area contributed by atoms with Crippen LogP contribution in [0.5, 0.6) is 5.75 Å². The summed E-state index contributed by atoms with van der Waals surface area (Å²) in [5, 5.41) is 13.7. The molecule has 1 amide bonds. The lowest BCUT2D eigenvalue weighted by atomic mass is 10.2. The van der Waals surface area contributed by atoms with E-state index >= 15 is 0 Å². The number of hydrogen-bond acceptors (Lipinski definition) is 4. The first kappa shape index (κ1) is 14.5. The summed E-state index contributed by atoms with van der Waals surface area (Å²) in [7, 11) is 0. The first-order valence-corrected chi connectivity index (χ1v) is 6.66. The largest absolute Gasteiger partial charge is 0.506 e. The lowest BCUT2D eigenvalue weighted by Gasteiger charge is -2.03. The number of phenols is 1. The van der Waals surface area contributed by atoms with Crippen molar-refractivity contribution in [2.24, 2.45) is 5.10 Å². The molecule has 2 N–H and O–H groups in total. The van der Waals surface area contributed by atoms with Crippen LogP contribution < -0.4 is 5.43 Å². The number of amides is 1. The summed E-state index contributed by atoms with van der Waals surface area (Å²) in [5.41, 5.74) is 3.11. The summed E-state index contributed by atoms with van der Waals surface area (Å²) >= 11 is 9.07. The Morgan fingerprint density at radius 2 is 2.30 bits per heavy atom. The van der Waals surface area contributed by atoms with Gasteiger partial charge in [-0.2, -0.15) is 5.10 Å². The van der Waals surface area contributed by atoms with Gasteiger partial charge in [-0.15, -0.1) is 0 Å². The van der Waals surface area contributed by atoms with E-state index in [1.165, 1.54) is 12.4 Å². The van der Waals surface area contributed by atoms with Crippen LogP contribution in [0.3, 0.4) is 0 Å². The number of halogens is 2. The van der Waals surface area contributed by atoms with E-state index in [9.17, 15) is 9.90 Å². The van der Waals surface area contributed by atoms with Crippen molar-refractivity contribution >= 4 is 39.7 Å². The highest BCUT2D eigenvalue weighted by Gasteiger charge is 2.06. The maximum absolute atomic E-state index is 11.7. The maximum atomic E-state index is 11.7. The minimum absolute atomic E-state index is 0.103.